The van der Waals surface area contributed by atoms with Crippen LogP contribution in [0.2, 0.25) is 0 Å². The van der Waals surface area contributed by atoms with Crippen LogP contribution in [-0.2, 0) is 4.74 Å². The number of aliphatic hydroxyl groups is 3. The van der Waals surface area contributed by atoms with E-state index in [-0.39, 0.29) is 11.5 Å². The van der Waals surface area contributed by atoms with Crippen molar-refractivity contribution in [2.24, 2.45) is 0 Å². The van der Waals surface area contributed by atoms with Crippen LogP contribution in [0.5, 0.6) is 0 Å². The van der Waals surface area contributed by atoms with Crippen LogP contribution in [0, 0.1) is 11.3 Å². The van der Waals surface area contributed by atoms with Crippen molar-refractivity contribution in [2.75, 3.05) is 12.3 Å². The zero-order valence-electron chi connectivity index (χ0n) is 8.76. The third-order valence-electron chi connectivity index (χ3n) is 2.72. The quantitative estimate of drug-likeness (QED) is 0.466. The molecule has 5 N–H and O–H groups in total. The lowest BCUT2D eigenvalue weighted by molar-refractivity contribution is -0.0531. The highest BCUT2D eigenvalue weighted by molar-refractivity contribution is 5.44. The van der Waals surface area contributed by atoms with Crippen molar-refractivity contribution in [1.82, 2.24) is 9.55 Å². The summed E-state index contributed by atoms with van der Waals surface area (Å²) >= 11 is 0. The van der Waals surface area contributed by atoms with Crippen molar-refractivity contribution in [3.63, 3.8) is 0 Å². The van der Waals surface area contributed by atoms with Gasteiger partial charge >= 0.3 is 0 Å². The molecule has 0 saturated carbocycles. The largest absolute Gasteiger partial charge is 0.394 e. The number of anilines is 1. The van der Waals surface area contributed by atoms with Gasteiger partial charge in [0.2, 0.25) is 0 Å². The maximum absolute atomic E-state index is 9.76. The lowest BCUT2D eigenvalue weighted by Crippen LogP contribution is -2.33. The van der Waals surface area contributed by atoms with Gasteiger partial charge in [0.15, 0.2) is 17.7 Å². The summed E-state index contributed by atoms with van der Waals surface area (Å²) in [6, 6.07) is 1.83. The summed E-state index contributed by atoms with van der Waals surface area (Å²) < 4.78 is 6.48. The van der Waals surface area contributed by atoms with Crippen LogP contribution in [0.1, 0.15) is 11.9 Å². The molecule has 1 aliphatic heterocycles. The maximum Gasteiger partial charge on any atom is 0.166 e. The van der Waals surface area contributed by atoms with E-state index in [9.17, 15) is 10.2 Å². The molecular weight excluding hydrogens is 228 g/mol. The molecule has 4 atom stereocenters. The number of imidazole rings is 1. The molecule has 4 unspecified atom stereocenters. The number of rotatable bonds is 2. The van der Waals surface area contributed by atoms with Gasteiger partial charge in [0, 0.05) is 0 Å². The van der Waals surface area contributed by atoms with Crippen LogP contribution in [-0.4, -0.2) is 49.8 Å². The molecule has 0 aliphatic carbocycles. The smallest absolute Gasteiger partial charge is 0.166 e. The highest BCUT2D eigenvalue weighted by Gasteiger charge is 2.44. The average Bonchev–Trinajstić information content (AvgIpc) is 2.82. The van der Waals surface area contributed by atoms with Crippen LogP contribution in [0.4, 0.5) is 5.82 Å². The molecule has 1 aliphatic rings. The first-order valence-electron chi connectivity index (χ1n) is 4.95. The van der Waals surface area contributed by atoms with Crippen LogP contribution >= 0.6 is 0 Å². The monoisotopic (exact) mass is 240 g/mol. The molecule has 8 nitrogen and oxygen atoms in total. The van der Waals surface area contributed by atoms with E-state index in [2.05, 4.69) is 4.98 Å². The van der Waals surface area contributed by atoms with Gasteiger partial charge in [-0.15, -0.1) is 0 Å². The van der Waals surface area contributed by atoms with Crippen molar-refractivity contribution in [3.8, 4) is 6.07 Å². The highest BCUT2D eigenvalue weighted by atomic mass is 16.6. The van der Waals surface area contributed by atoms with Gasteiger partial charge in [0.25, 0.3) is 0 Å². The van der Waals surface area contributed by atoms with Gasteiger partial charge in [-0.3, -0.25) is 4.57 Å². The Morgan fingerprint density at radius 1 is 1.53 bits per heavy atom. The van der Waals surface area contributed by atoms with Gasteiger partial charge < -0.3 is 25.8 Å². The number of hydrogen-bond donors (Lipinski definition) is 4. The summed E-state index contributed by atoms with van der Waals surface area (Å²) in [6.45, 7) is -0.430. The zero-order valence-corrected chi connectivity index (χ0v) is 8.76. The molecule has 1 saturated heterocycles. The normalized spacial score (nSPS) is 32.6. The summed E-state index contributed by atoms with van der Waals surface area (Å²) in [4.78, 5) is 3.73. The molecule has 0 bridgehead atoms. The molecule has 0 amide bonds. The Bertz CT molecular complexity index is 454. The van der Waals surface area contributed by atoms with Crippen LogP contribution in [0.3, 0.4) is 0 Å². The first-order chi connectivity index (χ1) is 8.10. The molecule has 0 spiro atoms. The second kappa shape index (κ2) is 4.31. The van der Waals surface area contributed by atoms with E-state index in [0.29, 0.717) is 0 Å². The molecule has 0 radical (unpaired) electrons. The van der Waals surface area contributed by atoms with Crippen molar-refractivity contribution in [3.05, 3.63) is 12.0 Å². The van der Waals surface area contributed by atoms with Gasteiger partial charge in [0.05, 0.1) is 6.61 Å². The standard InChI is InChI=1S/C9H12N4O4/c10-1-4-8(11)12-3-13(4)9-7(16)6(15)5(2-14)17-9/h3,5-7,9,14-16H,2,11H2. The molecule has 2 heterocycles. The number of aliphatic hydroxyl groups excluding tert-OH is 3. The second-order valence-corrected chi connectivity index (χ2v) is 3.73. The van der Waals surface area contributed by atoms with E-state index in [1.165, 1.54) is 10.9 Å². The van der Waals surface area contributed by atoms with E-state index in [1.54, 1.807) is 0 Å². The number of hydrogen-bond acceptors (Lipinski definition) is 7. The van der Waals surface area contributed by atoms with Crippen LogP contribution < -0.4 is 5.73 Å². The summed E-state index contributed by atoms with van der Waals surface area (Å²) in [7, 11) is 0. The zero-order chi connectivity index (χ0) is 12.6. The Balaban J connectivity index is 2.33. The second-order valence-electron chi connectivity index (χ2n) is 3.73. The number of nitrogens with two attached hydrogens (primary N) is 1. The fourth-order valence-electron chi connectivity index (χ4n) is 1.79. The van der Waals surface area contributed by atoms with Gasteiger partial charge in [-0.05, 0) is 0 Å². The van der Waals surface area contributed by atoms with E-state index in [1.807, 2.05) is 6.07 Å². The average molecular weight is 240 g/mol. The number of nitrogen functional groups attached to an aromatic ring is 1. The molecule has 1 aromatic heterocycles. The Hall–Kier alpha value is -1.66. The fourth-order valence-corrected chi connectivity index (χ4v) is 1.79. The van der Waals surface area contributed by atoms with Gasteiger partial charge in [0.1, 0.15) is 30.7 Å². The van der Waals surface area contributed by atoms with Crippen molar-refractivity contribution >= 4 is 5.82 Å². The number of aromatic nitrogens is 2. The van der Waals surface area contributed by atoms with E-state index in [4.69, 9.17) is 20.8 Å². The van der Waals surface area contributed by atoms with Crippen molar-refractivity contribution in [1.29, 1.82) is 5.26 Å². The summed E-state index contributed by atoms with van der Waals surface area (Å²) in [5, 5.41) is 37.2. The summed E-state index contributed by atoms with van der Waals surface area (Å²) in [6.07, 6.45) is -3.12. The highest BCUT2D eigenvalue weighted by Crippen LogP contribution is 2.30. The predicted octanol–water partition coefficient (Wildman–Crippen LogP) is -2.05. The summed E-state index contributed by atoms with van der Waals surface area (Å²) in [5.74, 6) is 0.0187. The molecule has 1 aromatic rings. The van der Waals surface area contributed by atoms with E-state index < -0.39 is 31.1 Å². The van der Waals surface area contributed by atoms with E-state index >= 15 is 0 Å². The lowest BCUT2D eigenvalue weighted by atomic mass is 10.1. The van der Waals surface area contributed by atoms with E-state index in [0.717, 1.165) is 0 Å². The van der Waals surface area contributed by atoms with Crippen molar-refractivity contribution < 1.29 is 20.1 Å². The summed E-state index contributed by atoms with van der Waals surface area (Å²) in [5.41, 5.74) is 5.50. The Kier molecular flexibility index (Phi) is 2.99. The molecule has 92 valence electrons. The first kappa shape index (κ1) is 11.8. The topological polar surface area (TPSA) is 138 Å². The molecule has 17 heavy (non-hydrogen) atoms. The van der Waals surface area contributed by atoms with Crippen LogP contribution in [0.15, 0.2) is 6.33 Å². The SMILES string of the molecule is N#Cc1c(N)ncn1C1OC(CO)C(O)C1O. The van der Waals surface area contributed by atoms with Gasteiger partial charge in [-0.25, -0.2) is 4.98 Å². The minimum absolute atomic E-state index is 0.0187. The number of nitriles is 1. The Morgan fingerprint density at radius 3 is 2.76 bits per heavy atom. The Labute approximate surface area is 96.5 Å². The molecule has 2 rings (SSSR count). The minimum atomic E-state index is -1.26. The maximum atomic E-state index is 9.76. The number of nitrogens with zero attached hydrogens (tertiary/aromatic N) is 3. The molecular formula is C9H12N4O4. The Morgan fingerprint density at radius 2 is 2.24 bits per heavy atom. The first-order valence-corrected chi connectivity index (χ1v) is 4.95. The molecule has 1 fully saturated rings. The van der Waals surface area contributed by atoms with Crippen LogP contribution in [0.25, 0.3) is 0 Å². The third kappa shape index (κ3) is 1.75. The minimum Gasteiger partial charge on any atom is -0.394 e. The fraction of sp³-hybridized carbons (Fsp3) is 0.556. The molecule has 8 heteroatoms. The lowest BCUT2D eigenvalue weighted by Gasteiger charge is -2.16. The third-order valence-corrected chi connectivity index (χ3v) is 2.72. The number of ether oxygens (including phenoxy) is 1. The van der Waals surface area contributed by atoms with Gasteiger partial charge in [-0.1, -0.05) is 0 Å². The predicted molar refractivity (Wildman–Crippen MR) is 54.4 cm³/mol. The van der Waals surface area contributed by atoms with Crippen molar-refractivity contribution in [2.45, 2.75) is 24.5 Å². The van der Waals surface area contributed by atoms with Gasteiger partial charge in [-0.2, -0.15) is 5.26 Å². The molecule has 0 aromatic carbocycles.